The largest absolute Gasteiger partial charge is 0.431 e. The molecule has 1 unspecified atom stereocenters. The van der Waals surface area contributed by atoms with E-state index >= 15 is 0 Å². The fourth-order valence-electron chi connectivity index (χ4n) is 4.04. The summed E-state index contributed by atoms with van der Waals surface area (Å²) < 4.78 is 8.09. The van der Waals surface area contributed by atoms with Crippen molar-refractivity contribution in [2.45, 2.75) is 37.3 Å². The number of carbonyl (C=O) groups excluding carboxylic acids is 1. The lowest BCUT2D eigenvalue weighted by atomic mass is 10.1. The number of rotatable bonds is 6. The average Bonchev–Trinajstić information content (AvgIpc) is 3.35. The molecular formula is C25H23N3O2S. The molecule has 2 aromatic heterocycles. The molecule has 2 heterocycles. The van der Waals surface area contributed by atoms with Crippen molar-refractivity contribution in [3.05, 3.63) is 66.7 Å². The zero-order chi connectivity index (χ0) is 21.4. The number of benzene rings is 3. The van der Waals surface area contributed by atoms with E-state index in [1.165, 1.54) is 28.2 Å². The van der Waals surface area contributed by atoms with Crippen molar-refractivity contribution in [1.82, 2.24) is 9.55 Å². The second-order valence-electron chi connectivity index (χ2n) is 7.44. The molecule has 1 N–H and O–H groups in total. The van der Waals surface area contributed by atoms with Crippen molar-refractivity contribution in [1.29, 1.82) is 0 Å². The Kier molecular flexibility index (Phi) is 5.16. The number of fused-ring (bicyclic) bond motifs is 4. The minimum absolute atomic E-state index is 0.0478. The summed E-state index contributed by atoms with van der Waals surface area (Å²) in [5.41, 5.74) is 4.72. The molecule has 0 aliphatic heterocycles. The summed E-state index contributed by atoms with van der Waals surface area (Å²) in [5.74, 6) is -0.0478. The van der Waals surface area contributed by atoms with Crippen LogP contribution >= 0.6 is 11.8 Å². The van der Waals surface area contributed by atoms with E-state index < -0.39 is 0 Å². The van der Waals surface area contributed by atoms with E-state index in [2.05, 4.69) is 58.2 Å². The lowest BCUT2D eigenvalue weighted by molar-refractivity contribution is -0.115. The first kappa shape index (κ1) is 19.7. The minimum Gasteiger partial charge on any atom is -0.431 e. The highest BCUT2D eigenvalue weighted by atomic mass is 32.2. The van der Waals surface area contributed by atoms with Gasteiger partial charge in [0.1, 0.15) is 5.52 Å². The molecule has 31 heavy (non-hydrogen) atoms. The zero-order valence-corrected chi connectivity index (χ0v) is 18.3. The number of carbonyl (C=O) groups is 1. The molecule has 5 rings (SSSR count). The maximum Gasteiger partial charge on any atom is 0.257 e. The molecule has 0 aliphatic rings. The Morgan fingerprint density at radius 1 is 1.03 bits per heavy atom. The number of hydrogen-bond donors (Lipinski definition) is 1. The molecule has 1 amide bonds. The van der Waals surface area contributed by atoms with Crippen LogP contribution in [0.4, 0.5) is 5.69 Å². The van der Waals surface area contributed by atoms with Crippen LogP contribution in [0, 0.1) is 0 Å². The maximum absolute atomic E-state index is 13.0. The van der Waals surface area contributed by atoms with Gasteiger partial charge in [0.25, 0.3) is 5.22 Å². The average molecular weight is 430 g/mol. The van der Waals surface area contributed by atoms with Gasteiger partial charge in [-0.3, -0.25) is 4.79 Å². The van der Waals surface area contributed by atoms with E-state index in [4.69, 9.17) is 4.42 Å². The molecule has 6 heteroatoms. The summed E-state index contributed by atoms with van der Waals surface area (Å²) in [6.07, 6.45) is 0.673. The summed E-state index contributed by atoms with van der Waals surface area (Å²) >= 11 is 1.36. The number of nitrogens with one attached hydrogen (secondary N) is 1. The van der Waals surface area contributed by atoms with Gasteiger partial charge in [-0.15, -0.1) is 0 Å². The summed E-state index contributed by atoms with van der Waals surface area (Å²) in [6.45, 7) is 5.05. The Morgan fingerprint density at radius 3 is 2.61 bits per heavy atom. The summed E-state index contributed by atoms with van der Waals surface area (Å²) in [5, 5.41) is 5.67. The van der Waals surface area contributed by atoms with E-state index in [1.54, 1.807) is 0 Å². The van der Waals surface area contributed by atoms with Crippen molar-refractivity contribution < 1.29 is 9.21 Å². The molecule has 0 saturated carbocycles. The molecule has 0 aliphatic carbocycles. The summed E-state index contributed by atoms with van der Waals surface area (Å²) in [7, 11) is 0. The van der Waals surface area contributed by atoms with E-state index in [0.29, 0.717) is 11.6 Å². The third-order valence-corrected chi connectivity index (χ3v) is 6.74. The van der Waals surface area contributed by atoms with Crippen molar-refractivity contribution in [2.24, 2.45) is 0 Å². The fraction of sp³-hybridized carbons (Fsp3) is 0.200. The van der Waals surface area contributed by atoms with Crippen LogP contribution < -0.4 is 5.32 Å². The SMILES string of the molecule is CCC(Sc1nc2ccccc2o1)C(=O)Nc1ccc2c(c1)c1ccccc1n2CC. The first-order chi connectivity index (χ1) is 15.2. The van der Waals surface area contributed by atoms with Crippen LogP contribution in [-0.2, 0) is 11.3 Å². The normalized spacial score (nSPS) is 12.6. The van der Waals surface area contributed by atoms with Gasteiger partial charge in [-0.1, -0.05) is 49.0 Å². The number of para-hydroxylation sites is 3. The van der Waals surface area contributed by atoms with Crippen LogP contribution in [0.15, 0.2) is 76.4 Å². The first-order valence-corrected chi connectivity index (χ1v) is 11.4. The first-order valence-electron chi connectivity index (χ1n) is 10.5. The molecule has 0 spiro atoms. The standard InChI is InChI=1S/C25H23N3O2S/c1-3-23(31-25-27-19-10-6-8-12-22(19)30-25)24(29)26-16-13-14-21-18(15-16)17-9-5-7-11-20(17)28(21)4-2/h5-15,23H,3-4H2,1-2H3,(H,26,29). The van der Waals surface area contributed by atoms with Gasteiger partial charge in [-0.05, 0) is 49.7 Å². The van der Waals surface area contributed by atoms with Crippen molar-refractivity contribution in [3.8, 4) is 0 Å². The Labute approximate surface area is 184 Å². The molecule has 3 aromatic carbocycles. The molecule has 1 atom stereocenters. The molecule has 156 valence electrons. The van der Waals surface area contributed by atoms with Crippen molar-refractivity contribution >= 4 is 56.3 Å². The van der Waals surface area contributed by atoms with Crippen LogP contribution in [0.3, 0.4) is 0 Å². The van der Waals surface area contributed by atoms with E-state index in [1.807, 2.05) is 37.3 Å². The number of amides is 1. The highest BCUT2D eigenvalue weighted by Crippen LogP contribution is 2.32. The summed E-state index contributed by atoms with van der Waals surface area (Å²) in [4.78, 5) is 17.5. The van der Waals surface area contributed by atoms with Crippen molar-refractivity contribution in [3.63, 3.8) is 0 Å². The van der Waals surface area contributed by atoms with Gasteiger partial charge in [0.2, 0.25) is 5.91 Å². The third kappa shape index (κ3) is 3.57. The third-order valence-electron chi connectivity index (χ3n) is 5.54. The number of nitrogens with zero attached hydrogens (tertiary/aromatic N) is 2. The van der Waals surface area contributed by atoms with Crippen LogP contribution in [0.25, 0.3) is 32.9 Å². The van der Waals surface area contributed by atoms with Crippen LogP contribution in [0.1, 0.15) is 20.3 Å². The van der Waals surface area contributed by atoms with Gasteiger partial charge in [0.15, 0.2) is 5.58 Å². The van der Waals surface area contributed by atoms with E-state index in [0.717, 1.165) is 28.7 Å². The molecule has 0 bridgehead atoms. The smallest absolute Gasteiger partial charge is 0.257 e. The Balaban J connectivity index is 1.41. The van der Waals surface area contributed by atoms with Gasteiger partial charge < -0.3 is 14.3 Å². The molecular weight excluding hydrogens is 406 g/mol. The van der Waals surface area contributed by atoms with Gasteiger partial charge in [0, 0.05) is 34.0 Å². The molecule has 5 nitrogen and oxygen atoms in total. The van der Waals surface area contributed by atoms with Gasteiger partial charge in [-0.2, -0.15) is 0 Å². The quantitative estimate of drug-likeness (QED) is 0.315. The second kappa shape index (κ2) is 8.12. The van der Waals surface area contributed by atoms with Gasteiger partial charge in [-0.25, -0.2) is 4.98 Å². The number of aromatic nitrogens is 2. The number of aryl methyl sites for hydroxylation is 1. The predicted octanol–water partition coefficient (Wildman–Crippen LogP) is 6.47. The summed E-state index contributed by atoms with van der Waals surface area (Å²) in [6, 6.07) is 22.1. The fourth-order valence-corrected chi connectivity index (χ4v) is 4.91. The molecule has 0 radical (unpaired) electrons. The van der Waals surface area contributed by atoms with E-state index in [-0.39, 0.29) is 11.2 Å². The highest BCUT2D eigenvalue weighted by Gasteiger charge is 2.21. The van der Waals surface area contributed by atoms with Gasteiger partial charge in [0.05, 0.1) is 5.25 Å². The topological polar surface area (TPSA) is 60.1 Å². The zero-order valence-electron chi connectivity index (χ0n) is 17.5. The highest BCUT2D eigenvalue weighted by molar-refractivity contribution is 8.00. The minimum atomic E-state index is -0.291. The maximum atomic E-state index is 13.0. The van der Waals surface area contributed by atoms with Gasteiger partial charge >= 0.3 is 0 Å². The molecule has 0 saturated heterocycles. The lowest BCUT2D eigenvalue weighted by Crippen LogP contribution is -2.24. The second-order valence-corrected chi connectivity index (χ2v) is 8.60. The number of thioether (sulfide) groups is 1. The van der Waals surface area contributed by atoms with E-state index in [9.17, 15) is 4.79 Å². The lowest BCUT2D eigenvalue weighted by Gasteiger charge is -2.13. The monoisotopic (exact) mass is 429 g/mol. The number of anilines is 1. The van der Waals surface area contributed by atoms with Crippen LogP contribution in [0.5, 0.6) is 0 Å². The Morgan fingerprint density at radius 2 is 1.81 bits per heavy atom. The Hall–Kier alpha value is -3.25. The number of oxazole rings is 1. The molecule has 5 aromatic rings. The number of hydrogen-bond acceptors (Lipinski definition) is 4. The Bertz CT molecular complexity index is 1370. The predicted molar refractivity (Wildman–Crippen MR) is 128 cm³/mol. The van der Waals surface area contributed by atoms with Crippen molar-refractivity contribution in [2.75, 3.05) is 5.32 Å². The van der Waals surface area contributed by atoms with Crippen LogP contribution in [-0.4, -0.2) is 20.7 Å². The molecule has 0 fully saturated rings. The van der Waals surface area contributed by atoms with Crippen LogP contribution in [0.2, 0.25) is 0 Å².